The minimum atomic E-state index is 0.777. The van der Waals surface area contributed by atoms with Gasteiger partial charge in [-0.05, 0) is 46.5 Å². The average molecular weight is 312 g/mol. The molecule has 118 valence electrons. The molecule has 0 spiro atoms. The molecule has 2 nitrogen and oxygen atoms in total. The van der Waals surface area contributed by atoms with Crippen LogP contribution >= 0.6 is 0 Å². The fourth-order valence-electron chi connectivity index (χ4n) is 2.43. The van der Waals surface area contributed by atoms with Crippen LogP contribution in [-0.4, -0.2) is 0 Å². The number of nitrogens with two attached hydrogens (primary N) is 2. The summed E-state index contributed by atoms with van der Waals surface area (Å²) in [6, 6.07) is 24.1. The predicted octanol–water partition coefficient (Wildman–Crippen LogP) is 5.19. The number of hydrogen-bond donors (Lipinski definition) is 2. The Kier molecular flexibility index (Phi) is 4.78. The van der Waals surface area contributed by atoms with E-state index in [0.717, 1.165) is 33.6 Å². The van der Waals surface area contributed by atoms with Gasteiger partial charge in [-0.25, -0.2) is 0 Å². The van der Waals surface area contributed by atoms with E-state index in [1.54, 1.807) is 0 Å². The van der Waals surface area contributed by atoms with Crippen LogP contribution in [0.4, 0.5) is 11.4 Å². The Labute approximate surface area is 142 Å². The van der Waals surface area contributed by atoms with Crippen molar-refractivity contribution in [3.63, 3.8) is 0 Å². The van der Waals surface area contributed by atoms with Crippen LogP contribution < -0.4 is 11.5 Å². The van der Waals surface area contributed by atoms with Gasteiger partial charge in [0.15, 0.2) is 0 Å². The summed E-state index contributed by atoms with van der Waals surface area (Å²) in [7, 11) is 0. The molecule has 0 aliphatic rings. The number of rotatable bonds is 4. The van der Waals surface area contributed by atoms with E-state index in [1.165, 1.54) is 0 Å². The summed E-state index contributed by atoms with van der Waals surface area (Å²) in [5.41, 5.74) is 17.6. The first-order chi connectivity index (χ1) is 11.7. The zero-order chi connectivity index (χ0) is 16.8. The van der Waals surface area contributed by atoms with E-state index in [4.69, 9.17) is 11.5 Å². The monoisotopic (exact) mass is 312 g/mol. The first kappa shape index (κ1) is 15.6. The minimum Gasteiger partial charge on any atom is -0.399 e. The fourth-order valence-corrected chi connectivity index (χ4v) is 2.43. The maximum absolute atomic E-state index is 5.79. The molecule has 3 aromatic carbocycles. The van der Waals surface area contributed by atoms with E-state index in [9.17, 15) is 0 Å². The lowest BCUT2D eigenvalue weighted by Crippen LogP contribution is -1.83. The molecule has 0 bridgehead atoms. The molecule has 24 heavy (non-hydrogen) atoms. The van der Waals surface area contributed by atoms with Gasteiger partial charge in [-0.15, -0.1) is 0 Å². The second kappa shape index (κ2) is 7.34. The molecule has 3 aromatic rings. The van der Waals surface area contributed by atoms with Gasteiger partial charge in [0.05, 0.1) is 0 Å². The van der Waals surface area contributed by atoms with Crippen molar-refractivity contribution in [3.05, 3.63) is 95.1 Å². The third-order valence-electron chi connectivity index (χ3n) is 3.69. The number of nitrogen functional groups attached to an aromatic ring is 2. The molecule has 0 amide bonds. The lowest BCUT2D eigenvalue weighted by Gasteiger charge is -1.99. The van der Waals surface area contributed by atoms with Gasteiger partial charge in [-0.3, -0.25) is 0 Å². The van der Waals surface area contributed by atoms with Crippen LogP contribution in [0, 0.1) is 0 Å². The average Bonchev–Trinajstić information content (AvgIpc) is 2.59. The van der Waals surface area contributed by atoms with Crippen LogP contribution in [0.2, 0.25) is 0 Å². The Morgan fingerprint density at radius 3 is 1.21 bits per heavy atom. The van der Waals surface area contributed by atoms with Crippen molar-refractivity contribution in [2.24, 2.45) is 0 Å². The number of hydrogen-bond acceptors (Lipinski definition) is 2. The topological polar surface area (TPSA) is 52.0 Å². The molecule has 0 heterocycles. The molecule has 0 radical (unpaired) electrons. The first-order valence-electron chi connectivity index (χ1n) is 7.86. The molecular formula is C22H20N2. The van der Waals surface area contributed by atoms with Crippen molar-refractivity contribution in [3.8, 4) is 0 Å². The molecule has 0 saturated carbocycles. The zero-order valence-corrected chi connectivity index (χ0v) is 13.4. The van der Waals surface area contributed by atoms with Crippen LogP contribution in [0.15, 0.2) is 72.8 Å². The van der Waals surface area contributed by atoms with Crippen molar-refractivity contribution in [2.75, 3.05) is 11.5 Å². The van der Waals surface area contributed by atoms with Crippen molar-refractivity contribution < 1.29 is 0 Å². The Bertz CT molecular complexity index is 800. The summed E-state index contributed by atoms with van der Waals surface area (Å²) in [5.74, 6) is 0. The highest BCUT2D eigenvalue weighted by Gasteiger charge is 1.92. The zero-order valence-electron chi connectivity index (χ0n) is 13.4. The highest BCUT2D eigenvalue weighted by molar-refractivity contribution is 5.74. The van der Waals surface area contributed by atoms with Crippen molar-refractivity contribution >= 4 is 35.7 Å². The Morgan fingerprint density at radius 2 is 0.833 bits per heavy atom. The molecule has 0 aromatic heterocycles. The Balaban J connectivity index is 1.69. The van der Waals surface area contributed by atoms with E-state index in [-0.39, 0.29) is 0 Å². The molecule has 0 aliphatic carbocycles. The second-order valence-electron chi connectivity index (χ2n) is 5.67. The standard InChI is InChI=1S/C22H20N2/c23-21-5-1-3-19(15-21)13-11-17-7-9-18(10-8-17)12-14-20-4-2-6-22(24)16-20/h1-16H,23-24H2/b13-11+,14-12+. The molecule has 3 rings (SSSR count). The summed E-state index contributed by atoms with van der Waals surface area (Å²) >= 11 is 0. The predicted molar refractivity (Wildman–Crippen MR) is 106 cm³/mol. The fraction of sp³-hybridized carbons (Fsp3) is 0. The van der Waals surface area contributed by atoms with E-state index in [1.807, 2.05) is 48.5 Å². The molecule has 0 fully saturated rings. The third kappa shape index (κ3) is 4.37. The van der Waals surface area contributed by atoms with E-state index in [0.29, 0.717) is 0 Å². The van der Waals surface area contributed by atoms with Gasteiger partial charge in [0, 0.05) is 11.4 Å². The number of benzene rings is 3. The molecule has 0 atom stereocenters. The van der Waals surface area contributed by atoms with Crippen LogP contribution in [0.25, 0.3) is 24.3 Å². The lowest BCUT2D eigenvalue weighted by atomic mass is 10.1. The Hall–Kier alpha value is -3.26. The van der Waals surface area contributed by atoms with Gasteiger partial charge < -0.3 is 11.5 Å². The van der Waals surface area contributed by atoms with Crippen molar-refractivity contribution in [2.45, 2.75) is 0 Å². The number of anilines is 2. The lowest BCUT2D eigenvalue weighted by molar-refractivity contribution is 1.61. The summed E-state index contributed by atoms with van der Waals surface area (Å²) in [4.78, 5) is 0. The summed E-state index contributed by atoms with van der Waals surface area (Å²) in [6.07, 6.45) is 8.29. The summed E-state index contributed by atoms with van der Waals surface area (Å²) in [6.45, 7) is 0. The van der Waals surface area contributed by atoms with Gasteiger partial charge in [0.25, 0.3) is 0 Å². The quantitative estimate of drug-likeness (QED) is 0.514. The maximum Gasteiger partial charge on any atom is 0.0319 e. The van der Waals surface area contributed by atoms with Crippen LogP contribution in [0.5, 0.6) is 0 Å². The van der Waals surface area contributed by atoms with Gasteiger partial charge >= 0.3 is 0 Å². The van der Waals surface area contributed by atoms with Gasteiger partial charge in [0.1, 0.15) is 0 Å². The normalized spacial score (nSPS) is 11.3. The minimum absolute atomic E-state index is 0.777. The van der Waals surface area contributed by atoms with Crippen molar-refractivity contribution in [1.29, 1.82) is 0 Å². The molecule has 0 saturated heterocycles. The highest BCUT2D eigenvalue weighted by atomic mass is 14.5. The van der Waals surface area contributed by atoms with Gasteiger partial charge in [-0.1, -0.05) is 72.8 Å². The first-order valence-corrected chi connectivity index (χ1v) is 7.86. The Morgan fingerprint density at radius 1 is 0.458 bits per heavy atom. The summed E-state index contributed by atoms with van der Waals surface area (Å²) in [5, 5.41) is 0. The molecule has 0 unspecified atom stereocenters. The van der Waals surface area contributed by atoms with E-state index >= 15 is 0 Å². The van der Waals surface area contributed by atoms with E-state index in [2.05, 4.69) is 48.6 Å². The molecule has 2 heteroatoms. The highest BCUT2D eigenvalue weighted by Crippen LogP contribution is 2.14. The third-order valence-corrected chi connectivity index (χ3v) is 3.69. The smallest absolute Gasteiger partial charge is 0.0319 e. The molecule has 4 N–H and O–H groups in total. The molecular weight excluding hydrogens is 292 g/mol. The second-order valence-corrected chi connectivity index (χ2v) is 5.67. The van der Waals surface area contributed by atoms with Gasteiger partial charge in [-0.2, -0.15) is 0 Å². The van der Waals surface area contributed by atoms with E-state index < -0.39 is 0 Å². The SMILES string of the molecule is Nc1cccc(/C=C/c2ccc(/C=C/c3cccc(N)c3)cc2)c1. The maximum atomic E-state index is 5.79. The molecule has 0 aliphatic heterocycles. The largest absolute Gasteiger partial charge is 0.399 e. The van der Waals surface area contributed by atoms with Crippen LogP contribution in [0.1, 0.15) is 22.3 Å². The van der Waals surface area contributed by atoms with Crippen LogP contribution in [-0.2, 0) is 0 Å². The summed E-state index contributed by atoms with van der Waals surface area (Å²) < 4.78 is 0. The van der Waals surface area contributed by atoms with Gasteiger partial charge in [0.2, 0.25) is 0 Å². The van der Waals surface area contributed by atoms with Crippen molar-refractivity contribution in [1.82, 2.24) is 0 Å². The van der Waals surface area contributed by atoms with Crippen LogP contribution in [0.3, 0.4) is 0 Å².